The van der Waals surface area contributed by atoms with Gasteiger partial charge in [-0.3, -0.25) is 4.79 Å². The van der Waals surface area contributed by atoms with E-state index in [0.717, 1.165) is 0 Å². The number of pyridine rings is 1. The molecule has 0 atom stereocenters. The predicted molar refractivity (Wildman–Crippen MR) is 63.5 cm³/mol. The standard InChI is InChI=1S/C11H7BrN2O2/c1-16-8-3-2-7(12)9-10(8)14-5-6(4-13)11(9)15/h2-3,5H,1H3,(H,14,15). The zero-order valence-electron chi connectivity index (χ0n) is 8.37. The van der Waals surface area contributed by atoms with Crippen LogP contribution < -0.4 is 10.2 Å². The molecule has 0 aliphatic carbocycles. The molecule has 1 aromatic heterocycles. The van der Waals surface area contributed by atoms with Crippen LogP contribution in [-0.4, -0.2) is 12.1 Å². The Morgan fingerprint density at radius 2 is 2.25 bits per heavy atom. The van der Waals surface area contributed by atoms with E-state index in [1.807, 2.05) is 6.07 Å². The maximum Gasteiger partial charge on any atom is 0.208 e. The van der Waals surface area contributed by atoms with Gasteiger partial charge in [0.05, 0.1) is 18.0 Å². The number of fused-ring (bicyclic) bond motifs is 1. The van der Waals surface area contributed by atoms with E-state index >= 15 is 0 Å². The van der Waals surface area contributed by atoms with Crippen molar-refractivity contribution in [2.75, 3.05) is 7.11 Å². The van der Waals surface area contributed by atoms with E-state index in [9.17, 15) is 4.79 Å². The Balaban J connectivity index is 3.00. The van der Waals surface area contributed by atoms with E-state index in [-0.39, 0.29) is 11.0 Å². The number of nitriles is 1. The average Bonchev–Trinajstić information content (AvgIpc) is 2.30. The summed E-state index contributed by atoms with van der Waals surface area (Å²) in [6, 6.07) is 5.31. The van der Waals surface area contributed by atoms with Crippen molar-refractivity contribution >= 4 is 26.8 Å². The van der Waals surface area contributed by atoms with Crippen molar-refractivity contribution in [3.05, 3.63) is 38.6 Å². The van der Waals surface area contributed by atoms with Crippen molar-refractivity contribution in [3.8, 4) is 11.8 Å². The van der Waals surface area contributed by atoms with Crippen LogP contribution in [0.4, 0.5) is 0 Å². The van der Waals surface area contributed by atoms with Crippen LogP contribution in [0.5, 0.6) is 5.75 Å². The number of rotatable bonds is 1. The van der Waals surface area contributed by atoms with Crippen LogP contribution in [0.25, 0.3) is 10.9 Å². The Kier molecular flexibility index (Phi) is 2.67. The number of benzene rings is 1. The lowest BCUT2D eigenvalue weighted by atomic mass is 10.1. The molecule has 0 amide bonds. The molecule has 1 heterocycles. The Labute approximate surface area is 99.6 Å². The molecule has 4 nitrogen and oxygen atoms in total. The first-order chi connectivity index (χ1) is 7.69. The van der Waals surface area contributed by atoms with Crippen molar-refractivity contribution in [3.63, 3.8) is 0 Å². The smallest absolute Gasteiger partial charge is 0.208 e. The summed E-state index contributed by atoms with van der Waals surface area (Å²) < 4.78 is 5.78. The monoisotopic (exact) mass is 278 g/mol. The molecule has 80 valence electrons. The molecular formula is C11H7BrN2O2. The zero-order chi connectivity index (χ0) is 11.7. The molecule has 5 heteroatoms. The molecule has 0 aliphatic rings. The minimum absolute atomic E-state index is 0.0847. The van der Waals surface area contributed by atoms with Crippen molar-refractivity contribution in [2.45, 2.75) is 0 Å². The summed E-state index contributed by atoms with van der Waals surface area (Å²) in [7, 11) is 1.53. The summed E-state index contributed by atoms with van der Waals surface area (Å²) in [5.41, 5.74) is 0.365. The summed E-state index contributed by atoms with van der Waals surface area (Å²) in [6.07, 6.45) is 1.39. The van der Waals surface area contributed by atoms with Gasteiger partial charge in [-0.2, -0.15) is 5.26 Å². The normalized spacial score (nSPS) is 10.1. The molecule has 0 bridgehead atoms. The number of hydrogen-bond acceptors (Lipinski definition) is 3. The number of aromatic amines is 1. The van der Waals surface area contributed by atoms with Crippen LogP contribution >= 0.6 is 15.9 Å². The largest absolute Gasteiger partial charge is 0.495 e. The lowest BCUT2D eigenvalue weighted by Gasteiger charge is -2.06. The topological polar surface area (TPSA) is 65.9 Å². The number of aromatic nitrogens is 1. The molecule has 0 saturated carbocycles. The zero-order valence-corrected chi connectivity index (χ0v) is 9.96. The first-order valence-electron chi connectivity index (χ1n) is 4.47. The number of methoxy groups -OCH3 is 1. The van der Waals surface area contributed by atoms with Crippen LogP contribution in [-0.2, 0) is 0 Å². The van der Waals surface area contributed by atoms with Crippen molar-refractivity contribution in [2.24, 2.45) is 0 Å². The van der Waals surface area contributed by atoms with E-state index < -0.39 is 0 Å². The molecule has 0 saturated heterocycles. The van der Waals surface area contributed by atoms with Gasteiger partial charge in [-0.15, -0.1) is 0 Å². The lowest BCUT2D eigenvalue weighted by Crippen LogP contribution is -2.08. The molecular weight excluding hydrogens is 272 g/mol. The first kappa shape index (κ1) is 10.7. The molecule has 1 aromatic carbocycles. The van der Waals surface area contributed by atoms with E-state index in [2.05, 4.69) is 20.9 Å². The summed E-state index contributed by atoms with van der Waals surface area (Å²) in [4.78, 5) is 14.8. The SMILES string of the molecule is COc1ccc(Br)c2c(=O)c(C#N)c[nH]c12. The molecule has 0 unspecified atom stereocenters. The highest BCUT2D eigenvalue weighted by Gasteiger charge is 2.11. The minimum atomic E-state index is -0.304. The fourth-order valence-electron chi connectivity index (χ4n) is 1.52. The Hall–Kier alpha value is -1.80. The molecule has 1 N–H and O–H groups in total. The van der Waals surface area contributed by atoms with Crippen LogP contribution in [0.3, 0.4) is 0 Å². The van der Waals surface area contributed by atoms with Crippen LogP contribution in [0.1, 0.15) is 5.56 Å². The minimum Gasteiger partial charge on any atom is -0.495 e. The number of nitrogens with zero attached hydrogens (tertiary/aromatic N) is 1. The van der Waals surface area contributed by atoms with Gasteiger partial charge in [-0.1, -0.05) is 0 Å². The molecule has 0 aliphatic heterocycles. The molecule has 16 heavy (non-hydrogen) atoms. The fraction of sp³-hybridized carbons (Fsp3) is 0.0909. The summed E-state index contributed by atoms with van der Waals surface area (Å²) in [5, 5.41) is 9.21. The second-order valence-electron chi connectivity index (χ2n) is 3.14. The number of ether oxygens (including phenoxy) is 1. The second-order valence-corrected chi connectivity index (χ2v) is 4.00. The summed E-state index contributed by atoms with van der Waals surface area (Å²) in [6.45, 7) is 0. The van der Waals surface area contributed by atoms with Gasteiger partial charge in [0, 0.05) is 10.7 Å². The highest BCUT2D eigenvalue weighted by molar-refractivity contribution is 9.10. The van der Waals surface area contributed by atoms with E-state index in [4.69, 9.17) is 10.00 Å². The average molecular weight is 279 g/mol. The van der Waals surface area contributed by atoms with Crippen LogP contribution in [0.15, 0.2) is 27.6 Å². The third-order valence-electron chi connectivity index (χ3n) is 2.29. The van der Waals surface area contributed by atoms with Gasteiger partial charge < -0.3 is 9.72 Å². The third-order valence-corrected chi connectivity index (χ3v) is 2.95. The number of H-pyrrole nitrogens is 1. The maximum atomic E-state index is 11.9. The van der Waals surface area contributed by atoms with Crippen molar-refractivity contribution < 1.29 is 4.74 Å². The number of nitrogens with one attached hydrogen (secondary N) is 1. The Morgan fingerprint density at radius 3 is 2.88 bits per heavy atom. The Morgan fingerprint density at radius 1 is 1.50 bits per heavy atom. The van der Waals surface area contributed by atoms with Gasteiger partial charge in [-0.25, -0.2) is 0 Å². The number of halogens is 1. The van der Waals surface area contributed by atoms with Gasteiger partial charge in [0.1, 0.15) is 17.4 Å². The lowest BCUT2D eigenvalue weighted by molar-refractivity contribution is 0.419. The van der Waals surface area contributed by atoms with Crippen molar-refractivity contribution in [1.82, 2.24) is 4.98 Å². The maximum absolute atomic E-state index is 11.9. The van der Waals surface area contributed by atoms with Gasteiger partial charge >= 0.3 is 0 Å². The summed E-state index contributed by atoms with van der Waals surface area (Å²) in [5.74, 6) is 0.569. The second kappa shape index (κ2) is 3.99. The van der Waals surface area contributed by atoms with E-state index in [0.29, 0.717) is 21.1 Å². The molecule has 0 radical (unpaired) electrons. The van der Waals surface area contributed by atoms with Gasteiger partial charge in [0.15, 0.2) is 0 Å². The van der Waals surface area contributed by atoms with E-state index in [1.54, 1.807) is 12.1 Å². The highest BCUT2D eigenvalue weighted by Crippen LogP contribution is 2.27. The Bertz CT molecular complexity index is 655. The number of hydrogen-bond donors (Lipinski definition) is 1. The third kappa shape index (κ3) is 1.48. The van der Waals surface area contributed by atoms with Crippen molar-refractivity contribution in [1.29, 1.82) is 5.26 Å². The molecule has 0 spiro atoms. The molecule has 0 fully saturated rings. The quantitative estimate of drug-likeness (QED) is 0.870. The highest BCUT2D eigenvalue weighted by atomic mass is 79.9. The van der Waals surface area contributed by atoms with Gasteiger partial charge in [0.2, 0.25) is 5.43 Å². The predicted octanol–water partition coefficient (Wildman–Crippen LogP) is 2.17. The van der Waals surface area contributed by atoms with E-state index in [1.165, 1.54) is 13.3 Å². The first-order valence-corrected chi connectivity index (χ1v) is 5.26. The molecule has 2 rings (SSSR count). The van der Waals surface area contributed by atoms with Gasteiger partial charge in [0.25, 0.3) is 0 Å². The van der Waals surface area contributed by atoms with Crippen LogP contribution in [0, 0.1) is 11.3 Å². The van der Waals surface area contributed by atoms with Gasteiger partial charge in [-0.05, 0) is 28.1 Å². The fourth-order valence-corrected chi connectivity index (χ4v) is 2.03. The van der Waals surface area contributed by atoms with Crippen LogP contribution in [0.2, 0.25) is 0 Å². The summed E-state index contributed by atoms with van der Waals surface area (Å²) >= 11 is 3.29. The molecule has 2 aromatic rings.